The van der Waals surface area contributed by atoms with Crippen molar-refractivity contribution in [3.05, 3.63) is 42.6 Å². The summed E-state index contributed by atoms with van der Waals surface area (Å²) in [6, 6.07) is 10.5. The molecule has 7 heteroatoms. The van der Waals surface area contributed by atoms with Gasteiger partial charge in [-0.05, 0) is 6.07 Å². The molecule has 0 radical (unpaired) electrons. The molecule has 3 aromatic rings. The molecule has 96 valence electrons. The number of hydrogen-bond donors (Lipinski definition) is 0. The second kappa shape index (κ2) is 4.60. The van der Waals surface area contributed by atoms with E-state index in [4.69, 9.17) is 4.52 Å². The minimum absolute atomic E-state index is 0.0108. The van der Waals surface area contributed by atoms with E-state index in [1.165, 1.54) is 12.3 Å². The first-order valence-corrected chi connectivity index (χ1v) is 5.47. The molecule has 19 heavy (non-hydrogen) atoms. The molecule has 0 bridgehead atoms. The number of alkyl halides is 2. The molecule has 3 rings (SSSR count). The molecule has 5 nitrogen and oxygen atoms in total. The average molecular weight is 262 g/mol. The summed E-state index contributed by atoms with van der Waals surface area (Å²) in [6.45, 7) is -2.75. The van der Waals surface area contributed by atoms with Crippen molar-refractivity contribution in [2.75, 3.05) is 0 Å². The third-order valence-electron chi connectivity index (χ3n) is 2.53. The number of hydrogen-bond acceptors (Lipinski definition) is 4. The highest BCUT2D eigenvalue weighted by Crippen LogP contribution is 2.24. The zero-order valence-electron chi connectivity index (χ0n) is 9.57. The highest BCUT2D eigenvalue weighted by atomic mass is 19.3. The lowest BCUT2D eigenvalue weighted by Crippen LogP contribution is -2.02. The number of aromatic nitrogens is 4. The highest BCUT2D eigenvalue weighted by Gasteiger charge is 2.18. The van der Waals surface area contributed by atoms with Crippen LogP contribution in [0.4, 0.5) is 8.78 Å². The van der Waals surface area contributed by atoms with Crippen molar-refractivity contribution < 1.29 is 13.3 Å². The van der Waals surface area contributed by atoms with Crippen LogP contribution in [0.25, 0.3) is 23.0 Å². The van der Waals surface area contributed by atoms with Crippen LogP contribution >= 0.6 is 0 Å². The van der Waals surface area contributed by atoms with E-state index < -0.39 is 6.55 Å². The molecule has 0 saturated carbocycles. The Kier molecular flexibility index (Phi) is 2.79. The first kappa shape index (κ1) is 11.5. The average Bonchev–Trinajstić information content (AvgIpc) is 3.08. The van der Waals surface area contributed by atoms with Crippen LogP contribution in [-0.2, 0) is 0 Å². The summed E-state index contributed by atoms with van der Waals surface area (Å²) < 4.78 is 30.9. The Morgan fingerprint density at radius 2 is 1.89 bits per heavy atom. The Balaban J connectivity index is 2.00. The van der Waals surface area contributed by atoms with E-state index in [1.807, 2.05) is 18.2 Å². The van der Waals surface area contributed by atoms with E-state index in [1.54, 1.807) is 12.1 Å². The van der Waals surface area contributed by atoms with Crippen LogP contribution in [0.5, 0.6) is 0 Å². The molecule has 0 aliphatic rings. The van der Waals surface area contributed by atoms with Crippen LogP contribution < -0.4 is 0 Å². The van der Waals surface area contributed by atoms with Gasteiger partial charge in [-0.2, -0.15) is 23.5 Å². The first-order valence-electron chi connectivity index (χ1n) is 5.47. The van der Waals surface area contributed by atoms with Crippen molar-refractivity contribution in [2.45, 2.75) is 6.55 Å². The SMILES string of the molecule is FC(F)n1nccc1-c1nc(-c2ccccc2)no1. The molecule has 0 amide bonds. The quantitative estimate of drug-likeness (QED) is 0.728. The van der Waals surface area contributed by atoms with E-state index >= 15 is 0 Å². The summed E-state index contributed by atoms with van der Waals surface area (Å²) >= 11 is 0. The number of rotatable bonds is 3. The molecule has 0 aliphatic carbocycles. The Hall–Kier alpha value is -2.57. The van der Waals surface area contributed by atoms with Crippen molar-refractivity contribution in [2.24, 2.45) is 0 Å². The van der Waals surface area contributed by atoms with Crippen molar-refractivity contribution in [3.8, 4) is 23.0 Å². The molecule has 0 fully saturated rings. The van der Waals surface area contributed by atoms with Crippen LogP contribution in [0.3, 0.4) is 0 Å². The topological polar surface area (TPSA) is 56.7 Å². The molecule has 2 heterocycles. The predicted molar refractivity (Wildman–Crippen MR) is 62.2 cm³/mol. The predicted octanol–water partition coefficient (Wildman–Crippen LogP) is 3.00. The third kappa shape index (κ3) is 2.10. The Labute approximate surface area is 106 Å². The lowest BCUT2D eigenvalue weighted by Gasteiger charge is -2.00. The molecule has 0 saturated heterocycles. The number of halogens is 2. The third-order valence-corrected chi connectivity index (χ3v) is 2.53. The van der Waals surface area contributed by atoms with Crippen molar-refractivity contribution in [3.63, 3.8) is 0 Å². The van der Waals surface area contributed by atoms with Gasteiger partial charge in [0.1, 0.15) is 5.69 Å². The Morgan fingerprint density at radius 1 is 1.11 bits per heavy atom. The lowest BCUT2D eigenvalue weighted by molar-refractivity contribution is 0.0579. The van der Waals surface area contributed by atoms with Gasteiger partial charge in [-0.1, -0.05) is 35.5 Å². The number of nitrogens with zero attached hydrogens (tertiary/aromatic N) is 4. The maximum atomic E-state index is 12.7. The van der Waals surface area contributed by atoms with E-state index in [2.05, 4.69) is 15.2 Å². The van der Waals surface area contributed by atoms with Gasteiger partial charge in [0, 0.05) is 11.8 Å². The zero-order chi connectivity index (χ0) is 13.2. The van der Waals surface area contributed by atoms with Crippen LogP contribution in [0, 0.1) is 0 Å². The largest absolute Gasteiger partial charge is 0.333 e. The Bertz CT molecular complexity index is 678. The first-order chi connectivity index (χ1) is 9.25. The zero-order valence-corrected chi connectivity index (χ0v) is 9.57. The van der Waals surface area contributed by atoms with Gasteiger partial charge in [0.2, 0.25) is 5.82 Å². The van der Waals surface area contributed by atoms with Gasteiger partial charge in [0.25, 0.3) is 5.89 Å². The second-order valence-electron chi connectivity index (χ2n) is 3.73. The smallest absolute Gasteiger partial charge is 0.332 e. The molecular weight excluding hydrogens is 254 g/mol. The van der Waals surface area contributed by atoms with Gasteiger partial charge < -0.3 is 4.52 Å². The van der Waals surface area contributed by atoms with Gasteiger partial charge >= 0.3 is 6.55 Å². The summed E-state index contributed by atoms with van der Waals surface area (Å²) in [5.74, 6) is 0.356. The fraction of sp³-hybridized carbons (Fsp3) is 0.0833. The summed E-state index contributed by atoms with van der Waals surface area (Å²) in [5, 5.41) is 7.28. The van der Waals surface area contributed by atoms with Crippen LogP contribution in [0.15, 0.2) is 47.1 Å². The van der Waals surface area contributed by atoms with Crippen LogP contribution in [0.2, 0.25) is 0 Å². The van der Waals surface area contributed by atoms with Gasteiger partial charge in [-0.3, -0.25) is 0 Å². The molecule has 0 atom stereocenters. The van der Waals surface area contributed by atoms with Crippen molar-refractivity contribution >= 4 is 0 Å². The maximum absolute atomic E-state index is 12.7. The van der Waals surface area contributed by atoms with E-state index in [0.717, 1.165) is 5.56 Å². The lowest BCUT2D eigenvalue weighted by atomic mass is 10.2. The van der Waals surface area contributed by atoms with Crippen LogP contribution in [0.1, 0.15) is 6.55 Å². The van der Waals surface area contributed by atoms with Gasteiger partial charge in [-0.25, -0.2) is 0 Å². The fourth-order valence-electron chi connectivity index (χ4n) is 1.67. The van der Waals surface area contributed by atoms with Crippen molar-refractivity contribution in [1.82, 2.24) is 19.9 Å². The Morgan fingerprint density at radius 3 is 2.63 bits per heavy atom. The minimum atomic E-state index is -2.75. The van der Waals surface area contributed by atoms with Crippen molar-refractivity contribution in [1.29, 1.82) is 0 Å². The van der Waals surface area contributed by atoms with E-state index in [-0.39, 0.29) is 11.6 Å². The van der Waals surface area contributed by atoms with Gasteiger partial charge in [0.15, 0.2) is 0 Å². The molecule has 0 spiro atoms. The highest BCUT2D eigenvalue weighted by molar-refractivity contribution is 5.57. The molecule has 0 N–H and O–H groups in total. The second-order valence-corrected chi connectivity index (χ2v) is 3.73. The molecular formula is C12H8F2N4O. The summed E-state index contributed by atoms with van der Waals surface area (Å²) in [4.78, 5) is 4.09. The van der Waals surface area contributed by atoms with Crippen LogP contribution in [-0.4, -0.2) is 19.9 Å². The normalized spacial score (nSPS) is 11.1. The van der Waals surface area contributed by atoms with E-state index in [0.29, 0.717) is 10.5 Å². The fourth-order valence-corrected chi connectivity index (χ4v) is 1.67. The van der Waals surface area contributed by atoms with Gasteiger partial charge in [-0.15, -0.1) is 0 Å². The summed E-state index contributed by atoms with van der Waals surface area (Å²) in [5.41, 5.74) is 0.838. The molecule has 0 aliphatic heterocycles. The molecule has 0 unspecified atom stereocenters. The maximum Gasteiger partial charge on any atom is 0.333 e. The van der Waals surface area contributed by atoms with E-state index in [9.17, 15) is 8.78 Å². The molecule has 2 aromatic heterocycles. The summed E-state index contributed by atoms with van der Waals surface area (Å²) in [7, 11) is 0. The molecule has 1 aromatic carbocycles. The minimum Gasteiger partial charge on any atom is -0.332 e. The summed E-state index contributed by atoms with van der Waals surface area (Å²) in [6.07, 6.45) is 1.26. The van der Waals surface area contributed by atoms with Gasteiger partial charge in [0.05, 0.1) is 0 Å². The number of benzene rings is 1. The monoisotopic (exact) mass is 262 g/mol. The standard InChI is InChI=1S/C12H8F2N4O/c13-12(14)18-9(6-7-15-18)11-16-10(17-19-11)8-4-2-1-3-5-8/h1-7,12H.